The van der Waals surface area contributed by atoms with Gasteiger partial charge in [-0.15, -0.1) is 0 Å². The molecule has 0 saturated heterocycles. The second-order valence-electron chi connectivity index (χ2n) is 7.77. The molecule has 0 aliphatic rings. The molecule has 1 rings (SSSR count). The molecular weight excluding hydrogens is 474 g/mol. The van der Waals surface area contributed by atoms with Gasteiger partial charge in [0, 0.05) is 12.8 Å². The summed E-state index contributed by atoms with van der Waals surface area (Å²) < 4.78 is 86.5. The van der Waals surface area contributed by atoms with Gasteiger partial charge in [0.15, 0.2) is 5.60 Å². The van der Waals surface area contributed by atoms with E-state index in [0.717, 1.165) is 20.3 Å². The standard InChI is InChI=1S/C22H26F6O6/c1-33-18(30)13-20(32,19(31)34-2)12-16(29)8-6-4-3-5-7-14-9-10-15(21(23,24)25)11-17(14)22(26,27)28/h9-11,32H,3-8,12-13H2,1-2H3. The summed E-state index contributed by atoms with van der Waals surface area (Å²) in [5, 5.41) is 10.3. The second-order valence-corrected chi connectivity index (χ2v) is 7.77. The molecule has 1 aromatic rings. The maximum atomic E-state index is 13.2. The third-order valence-electron chi connectivity index (χ3n) is 5.11. The van der Waals surface area contributed by atoms with Crippen molar-refractivity contribution < 1.29 is 55.3 Å². The van der Waals surface area contributed by atoms with Crippen molar-refractivity contribution in [3.8, 4) is 0 Å². The van der Waals surface area contributed by atoms with Gasteiger partial charge >= 0.3 is 24.3 Å². The lowest BCUT2D eigenvalue weighted by atomic mass is 9.91. The summed E-state index contributed by atoms with van der Waals surface area (Å²) in [6.45, 7) is 0. The fraction of sp³-hybridized carbons (Fsp3) is 0.591. The molecule has 0 fully saturated rings. The Labute approximate surface area is 192 Å². The molecule has 192 valence electrons. The number of ketones is 1. The van der Waals surface area contributed by atoms with Gasteiger partial charge in [-0.3, -0.25) is 9.59 Å². The minimum absolute atomic E-state index is 0.0610. The minimum atomic E-state index is -4.93. The second kappa shape index (κ2) is 12.2. The molecule has 6 nitrogen and oxygen atoms in total. The van der Waals surface area contributed by atoms with Gasteiger partial charge in [-0.1, -0.05) is 18.9 Å². The Morgan fingerprint density at radius 2 is 1.47 bits per heavy atom. The first-order chi connectivity index (χ1) is 15.6. The van der Waals surface area contributed by atoms with Gasteiger partial charge in [0.2, 0.25) is 0 Å². The first-order valence-electron chi connectivity index (χ1n) is 10.3. The molecular formula is C22H26F6O6. The van der Waals surface area contributed by atoms with Gasteiger partial charge in [-0.25, -0.2) is 4.79 Å². The predicted octanol–water partition coefficient (Wildman–Crippen LogP) is 4.64. The number of unbranched alkanes of at least 4 members (excludes halogenated alkanes) is 3. The van der Waals surface area contributed by atoms with Crippen LogP contribution in [0.25, 0.3) is 0 Å². The predicted molar refractivity (Wildman–Crippen MR) is 106 cm³/mol. The van der Waals surface area contributed by atoms with Gasteiger partial charge in [0.05, 0.1) is 31.8 Å². The number of aliphatic hydroxyl groups is 1. The Hall–Kier alpha value is -2.63. The van der Waals surface area contributed by atoms with Crippen molar-refractivity contribution in [2.24, 2.45) is 0 Å². The van der Waals surface area contributed by atoms with Crippen molar-refractivity contribution in [2.45, 2.75) is 69.3 Å². The summed E-state index contributed by atoms with van der Waals surface area (Å²) in [5.41, 5.74) is -5.32. The number of hydrogen-bond acceptors (Lipinski definition) is 6. The normalized spacial score (nSPS) is 13.8. The van der Waals surface area contributed by atoms with E-state index in [1.54, 1.807) is 0 Å². The summed E-state index contributed by atoms with van der Waals surface area (Å²) >= 11 is 0. The van der Waals surface area contributed by atoms with Gasteiger partial charge in [-0.2, -0.15) is 26.3 Å². The maximum absolute atomic E-state index is 13.2. The monoisotopic (exact) mass is 500 g/mol. The molecule has 0 saturated carbocycles. The van der Waals surface area contributed by atoms with Crippen molar-refractivity contribution in [1.82, 2.24) is 0 Å². The maximum Gasteiger partial charge on any atom is 0.416 e. The zero-order chi connectivity index (χ0) is 26.2. The molecule has 1 aromatic carbocycles. The van der Waals surface area contributed by atoms with Crippen LogP contribution in [0.4, 0.5) is 26.3 Å². The molecule has 0 spiro atoms. The van der Waals surface area contributed by atoms with Crippen molar-refractivity contribution in [2.75, 3.05) is 14.2 Å². The third kappa shape index (κ3) is 8.96. The van der Waals surface area contributed by atoms with Gasteiger partial charge in [0.1, 0.15) is 5.78 Å². The highest BCUT2D eigenvalue weighted by Crippen LogP contribution is 2.37. The van der Waals surface area contributed by atoms with E-state index in [9.17, 15) is 45.8 Å². The molecule has 0 radical (unpaired) electrons. The summed E-state index contributed by atoms with van der Waals surface area (Å²) in [6.07, 6.45) is -10.0. The zero-order valence-corrected chi connectivity index (χ0v) is 18.6. The molecule has 0 aromatic heterocycles. The lowest BCUT2D eigenvalue weighted by molar-refractivity contribution is -0.171. The minimum Gasteiger partial charge on any atom is -0.469 e. The molecule has 0 aliphatic heterocycles. The van der Waals surface area contributed by atoms with Crippen LogP contribution in [0, 0.1) is 0 Å². The van der Waals surface area contributed by atoms with Crippen molar-refractivity contribution >= 4 is 17.7 Å². The van der Waals surface area contributed by atoms with Crippen molar-refractivity contribution in [3.63, 3.8) is 0 Å². The highest BCUT2D eigenvalue weighted by Gasteiger charge is 2.42. The molecule has 12 heteroatoms. The number of halogens is 6. The Bertz CT molecular complexity index is 864. The summed E-state index contributed by atoms with van der Waals surface area (Å²) in [7, 11) is 2.03. The SMILES string of the molecule is COC(=O)CC(O)(CC(=O)CCCCCCc1ccc(C(F)(F)F)cc1C(F)(F)F)C(=O)OC. The van der Waals surface area contributed by atoms with Crippen LogP contribution in [0.5, 0.6) is 0 Å². The summed E-state index contributed by atoms with van der Waals surface area (Å²) in [4.78, 5) is 35.3. The highest BCUT2D eigenvalue weighted by molar-refractivity contribution is 5.92. The first-order valence-corrected chi connectivity index (χ1v) is 10.3. The van der Waals surface area contributed by atoms with E-state index in [1.807, 2.05) is 0 Å². The highest BCUT2D eigenvalue weighted by atomic mass is 19.4. The number of carbonyl (C=O) groups excluding carboxylic acids is 3. The number of ether oxygens (including phenoxy) is 2. The third-order valence-corrected chi connectivity index (χ3v) is 5.11. The van der Waals surface area contributed by atoms with Crippen LogP contribution in [0.2, 0.25) is 0 Å². The quantitative estimate of drug-likeness (QED) is 0.256. The topological polar surface area (TPSA) is 89.9 Å². The Balaban J connectivity index is 2.58. The van der Waals surface area contributed by atoms with Gasteiger partial charge in [0.25, 0.3) is 0 Å². The van der Waals surface area contributed by atoms with E-state index in [2.05, 4.69) is 9.47 Å². The molecule has 34 heavy (non-hydrogen) atoms. The summed E-state index contributed by atoms with van der Waals surface area (Å²) in [6, 6.07) is 1.54. The molecule has 1 atom stereocenters. The fourth-order valence-electron chi connectivity index (χ4n) is 3.35. The number of benzene rings is 1. The van der Waals surface area contributed by atoms with E-state index in [4.69, 9.17) is 0 Å². The number of hydrogen-bond donors (Lipinski definition) is 1. The van der Waals surface area contributed by atoms with Crippen molar-refractivity contribution in [1.29, 1.82) is 0 Å². The van der Waals surface area contributed by atoms with E-state index in [0.29, 0.717) is 25.3 Å². The van der Waals surface area contributed by atoms with Crippen LogP contribution in [0.15, 0.2) is 18.2 Å². The number of methoxy groups -OCH3 is 2. The number of esters is 2. The van der Waals surface area contributed by atoms with Gasteiger partial charge < -0.3 is 14.6 Å². The van der Waals surface area contributed by atoms with Crippen molar-refractivity contribution in [3.05, 3.63) is 34.9 Å². The lowest BCUT2D eigenvalue weighted by Gasteiger charge is -2.23. The van der Waals surface area contributed by atoms with Crippen LogP contribution in [-0.4, -0.2) is 42.6 Å². The Kier molecular flexibility index (Phi) is 10.5. The van der Waals surface area contributed by atoms with E-state index in [1.165, 1.54) is 0 Å². The van der Waals surface area contributed by atoms with Crippen LogP contribution in [0.1, 0.15) is 61.6 Å². The average molecular weight is 500 g/mol. The number of carbonyl (C=O) groups is 3. The summed E-state index contributed by atoms with van der Waals surface area (Å²) in [5.74, 6) is -2.61. The van der Waals surface area contributed by atoms with Gasteiger partial charge in [-0.05, 0) is 37.0 Å². The van der Waals surface area contributed by atoms with E-state index >= 15 is 0 Å². The average Bonchev–Trinajstić information content (AvgIpc) is 2.73. The van der Waals surface area contributed by atoms with Crippen LogP contribution in [-0.2, 0) is 42.6 Å². The molecule has 1 unspecified atom stereocenters. The Morgan fingerprint density at radius 3 is 2.00 bits per heavy atom. The lowest BCUT2D eigenvalue weighted by Crippen LogP contribution is -2.43. The first kappa shape index (κ1) is 29.4. The zero-order valence-electron chi connectivity index (χ0n) is 18.6. The van der Waals surface area contributed by atoms with Crippen LogP contribution < -0.4 is 0 Å². The molecule has 0 bridgehead atoms. The number of alkyl halides is 6. The molecule has 0 aliphatic carbocycles. The largest absolute Gasteiger partial charge is 0.469 e. The number of aryl methyl sites for hydroxylation is 1. The smallest absolute Gasteiger partial charge is 0.416 e. The number of rotatable bonds is 12. The Morgan fingerprint density at radius 1 is 0.853 bits per heavy atom. The molecule has 0 heterocycles. The molecule has 1 N–H and O–H groups in total. The van der Waals surface area contributed by atoms with Crippen LogP contribution >= 0.6 is 0 Å². The molecule has 0 amide bonds. The number of Topliss-reactive ketones (excluding diaryl/α,β-unsaturated/α-hetero) is 1. The fourth-order valence-corrected chi connectivity index (χ4v) is 3.35. The van der Waals surface area contributed by atoms with E-state index in [-0.39, 0.29) is 30.9 Å². The van der Waals surface area contributed by atoms with E-state index < -0.39 is 59.6 Å². The van der Waals surface area contributed by atoms with Crippen LogP contribution in [0.3, 0.4) is 0 Å².